The van der Waals surface area contributed by atoms with E-state index >= 15 is 0 Å². The summed E-state index contributed by atoms with van der Waals surface area (Å²) in [5.74, 6) is 0.860. The maximum Gasteiger partial charge on any atom is 0.405 e. The van der Waals surface area contributed by atoms with Crippen LogP contribution >= 0.6 is 0 Å². The van der Waals surface area contributed by atoms with Gasteiger partial charge in [-0.25, -0.2) is 4.79 Å². The first-order valence-corrected chi connectivity index (χ1v) is 8.93. The molecular weight excluding hydrogens is 326 g/mol. The quantitative estimate of drug-likeness (QED) is 0.820. The van der Waals surface area contributed by atoms with Crippen LogP contribution in [0.3, 0.4) is 0 Å². The molecule has 1 atom stereocenters. The van der Waals surface area contributed by atoms with Crippen LogP contribution in [0.1, 0.15) is 51.8 Å². The minimum atomic E-state index is -0.727. The first-order valence-electron chi connectivity index (χ1n) is 8.93. The zero-order valence-electron chi connectivity index (χ0n) is 16.1. The number of rotatable bonds is 3. The second-order valence-electron chi connectivity index (χ2n) is 8.63. The smallest absolute Gasteiger partial charge is 0.405 e. The van der Waals surface area contributed by atoms with Gasteiger partial charge in [-0.15, -0.1) is 0 Å². The van der Waals surface area contributed by atoms with Crippen LogP contribution in [-0.2, 0) is 11.2 Å². The molecule has 2 N–H and O–H groups in total. The highest BCUT2D eigenvalue weighted by molar-refractivity contribution is 5.68. The van der Waals surface area contributed by atoms with Gasteiger partial charge in [0.2, 0.25) is 0 Å². The van der Waals surface area contributed by atoms with E-state index in [1.165, 1.54) is 5.56 Å². The molecule has 0 spiro atoms. The first-order chi connectivity index (χ1) is 12.0. The fourth-order valence-electron chi connectivity index (χ4n) is 3.61. The molecule has 26 heavy (non-hydrogen) atoms. The van der Waals surface area contributed by atoms with Crippen molar-refractivity contribution in [1.29, 1.82) is 0 Å². The third-order valence-electron chi connectivity index (χ3n) is 4.63. The van der Waals surface area contributed by atoms with Gasteiger partial charge in [-0.1, -0.05) is 44.2 Å². The molecule has 4 nitrogen and oxygen atoms in total. The predicted molar refractivity (Wildman–Crippen MR) is 103 cm³/mol. The molecule has 0 radical (unpaired) electrons. The maximum absolute atomic E-state index is 11.3. The number of amides is 1. The Balaban J connectivity index is 1.87. The molecule has 0 saturated heterocycles. The van der Waals surface area contributed by atoms with Gasteiger partial charge in [0.1, 0.15) is 17.5 Å². The van der Waals surface area contributed by atoms with Crippen molar-refractivity contribution in [2.24, 2.45) is 11.1 Å². The van der Waals surface area contributed by atoms with Crippen LogP contribution in [0.25, 0.3) is 11.1 Å². The molecule has 0 bridgehead atoms. The van der Waals surface area contributed by atoms with E-state index in [2.05, 4.69) is 38.1 Å². The highest BCUT2D eigenvalue weighted by atomic mass is 16.6. The molecule has 0 aromatic heterocycles. The fraction of sp³-hybridized carbons (Fsp3) is 0.409. The predicted octanol–water partition coefficient (Wildman–Crippen LogP) is 5.25. The molecule has 138 valence electrons. The van der Waals surface area contributed by atoms with Gasteiger partial charge < -0.3 is 15.2 Å². The molecular formula is C22H27NO3. The summed E-state index contributed by atoms with van der Waals surface area (Å²) >= 11 is 0. The number of nitrogens with two attached hydrogens (primary N) is 1. The monoisotopic (exact) mass is 353 g/mol. The van der Waals surface area contributed by atoms with E-state index < -0.39 is 6.09 Å². The summed E-state index contributed by atoms with van der Waals surface area (Å²) in [6, 6.07) is 14.4. The Hall–Kier alpha value is -2.49. The summed E-state index contributed by atoms with van der Waals surface area (Å²) in [6.07, 6.45) is -0.180. The van der Waals surface area contributed by atoms with Crippen LogP contribution in [0.2, 0.25) is 0 Å². The molecule has 3 rings (SSSR count). The van der Waals surface area contributed by atoms with Gasteiger partial charge in [-0.05, 0) is 61.6 Å². The Labute approximate surface area is 155 Å². The van der Waals surface area contributed by atoms with Crippen LogP contribution in [0, 0.1) is 5.41 Å². The largest absolute Gasteiger partial charge is 0.488 e. The third-order valence-corrected chi connectivity index (χ3v) is 4.63. The van der Waals surface area contributed by atoms with Gasteiger partial charge >= 0.3 is 6.09 Å². The van der Waals surface area contributed by atoms with Gasteiger partial charge in [0.25, 0.3) is 0 Å². The Morgan fingerprint density at radius 1 is 1.08 bits per heavy atom. The van der Waals surface area contributed by atoms with Crippen molar-refractivity contribution in [2.75, 3.05) is 0 Å². The number of ether oxygens (including phenoxy) is 2. The average molecular weight is 353 g/mol. The molecule has 2 aromatic carbocycles. The second kappa shape index (κ2) is 6.35. The highest BCUT2D eigenvalue weighted by Crippen LogP contribution is 2.48. The number of hydrogen-bond donors (Lipinski definition) is 1. The molecule has 0 saturated carbocycles. The number of primary amides is 1. The lowest BCUT2D eigenvalue weighted by molar-refractivity contribution is 0.0392. The molecule has 1 aliphatic rings. The lowest BCUT2D eigenvalue weighted by Crippen LogP contribution is -2.25. The average Bonchev–Trinajstić information content (AvgIpc) is 2.75. The van der Waals surface area contributed by atoms with Crippen molar-refractivity contribution in [3.8, 4) is 16.9 Å². The lowest BCUT2D eigenvalue weighted by Gasteiger charge is -2.26. The summed E-state index contributed by atoms with van der Waals surface area (Å²) < 4.78 is 11.3. The Morgan fingerprint density at radius 2 is 1.69 bits per heavy atom. The number of hydrogen-bond acceptors (Lipinski definition) is 3. The highest BCUT2D eigenvalue weighted by Gasteiger charge is 2.41. The van der Waals surface area contributed by atoms with E-state index in [1.807, 2.05) is 39.0 Å². The standard InChI is InChI=1S/C22H27NO3/c1-21(2,3)26-17-9-6-14(7-10-17)15-8-11-18-16(12-15)13-22(4,5)19(18)25-20(23)24/h6-12,19H,13H2,1-5H3,(H2,23,24)/t19-/m0/s1. The van der Waals surface area contributed by atoms with E-state index in [-0.39, 0.29) is 17.1 Å². The van der Waals surface area contributed by atoms with Crippen molar-refractivity contribution in [1.82, 2.24) is 0 Å². The van der Waals surface area contributed by atoms with Crippen LogP contribution in [0.4, 0.5) is 4.79 Å². The van der Waals surface area contributed by atoms with E-state index in [1.54, 1.807) is 0 Å². The number of fused-ring (bicyclic) bond motifs is 1. The van der Waals surface area contributed by atoms with E-state index in [0.717, 1.165) is 28.9 Å². The summed E-state index contributed by atoms with van der Waals surface area (Å²) in [6.45, 7) is 10.3. The Kier molecular flexibility index (Phi) is 4.47. The minimum Gasteiger partial charge on any atom is -0.488 e. The molecule has 4 heteroatoms. The van der Waals surface area contributed by atoms with Crippen molar-refractivity contribution in [3.63, 3.8) is 0 Å². The minimum absolute atomic E-state index is 0.166. The van der Waals surface area contributed by atoms with Gasteiger partial charge in [-0.3, -0.25) is 0 Å². The van der Waals surface area contributed by atoms with E-state index in [9.17, 15) is 4.79 Å². The van der Waals surface area contributed by atoms with Crippen molar-refractivity contribution in [2.45, 2.75) is 52.7 Å². The third kappa shape index (κ3) is 3.85. The number of carbonyl (C=O) groups is 1. The molecule has 1 amide bonds. The SMILES string of the molecule is CC(C)(C)Oc1ccc(-c2ccc3c(c2)CC(C)(C)[C@H]3OC(N)=O)cc1. The number of benzene rings is 2. The summed E-state index contributed by atoms with van der Waals surface area (Å²) in [5, 5.41) is 0. The molecule has 0 fully saturated rings. The lowest BCUT2D eigenvalue weighted by atomic mass is 9.87. The summed E-state index contributed by atoms with van der Waals surface area (Å²) in [5.41, 5.74) is 9.40. The van der Waals surface area contributed by atoms with Crippen molar-refractivity contribution < 1.29 is 14.3 Å². The molecule has 2 aromatic rings. The molecule has 0 heterocycles. The van der Waals surface area contributed by atoms with Crippen LogP contribution in [-0.4, -0.2) is 11.7 Å². The van der Waals surface area contributed by atoms with Gasteiger partial charge in [0.05, 0.1) is 0 Å². The van der Waals surface area contributed by atoms with Gasteiger partial charge in [0, 0.05) is 5.41 Å². The Bertz CT molecular complexity index is 816. The summed E-state index contributed by atoms with van der Waals surface area (Å²) in [7, 11) is 0. The topological polar surface area (TPSA) is 61.6 Å². The summed E-state index contributed by atoms with van der Waals surface area (Å²) in [4.78, 5) is 11.3. The van der Waals surface area contributed by atoms with Crippen molar-refractivity contribution in [3.05, 3.63) is 53.6 Å². The van der Waals surface area contributed by atoms with Gasteiger partial charge in [0.15, 0.2) is 0 Å². The first kappa shape index (κ1) is 18.3. The molecule has 1 aliphatic carbocycles. The van der Waals surface area contributed by atoms with E-state index in [0.29, 0.717) is 0 Å². The number of carbonyl (C=O) groups excluding carboxylic acids is 1. The Morgan fingerprint density at radius 3 is 2.27 bits per heavy atom. The fourth-order valence-corrected chi connectivity index (χ4v) is 3.61. The zero-order valence-corrected chi connectivity index (χ0v) is 16.1. The molecule has 0 unspecified atom stereocenters. The maximum atomic E-state index is 11.3. The van der Waals surface area contributed by atoms with Crippen LogP contribution in [0.5, 0.6) is 5.75 Å². The normalized spacial score (nSPS) is 18.3. The van der Waals surface area contributed by atoms with E-state index in [4.69, 9.17) is 15.2 Å². The van der Waals surface area contributed by atoms with Gasteiger partial charge in [-0.2, -0.15) is 0 Å². The second-order valence-corrected chi connectivity index (χ2v) is 8.63. The molecule has 0 aliphatic heterocycles. The van der Waals surface area contributed by atoms with Crippen LogP contribution in [0.15, 0.2) is 42.5 Å². The zero-order chi connectivity index (χ0) is 19.1. The van der Waals surface area contributed by atoms with Crippen LogP contribution < -0.4 is 10.5 Å². The van der Waals surface area contributed by atoms with Crippen molar-refractivity contribution >= 4 is 6.09 Å².